The van der Waals surface area contributed by atoms with Crippen molar-refractivity contribution in [3.05, 3.63) is 42.0 Å². The van der Waals surface area contributed by atoms with Crippen molar-refractivity contribution < 1.29 is 49.9 Å². The molecule has 0 aromatic heterocycles. The Labute approximate surface area is 176 Å². The molecule has 12 heteroatoms. The highest BCUT2D eigenvalue weighted by Crippen LogP contribution is 2.42. The van der Waals surface area contributed by atoms with Crippen LogP contribution < -0.4 is 4.74 Å². The molecule has 0 spiro atoms. The van der Waals surface area contributed by atoms with E-state index in [1.807, 2.05) is 0 Å². The number of halogens is 3. The van der Waals surface area contributed by atoms with Crippen molar-refractivity contribution in [1.82, 2.24) is 0 Å². The van der Waals surface area contributed by atoms with Crippen LogP contribution in [0.2, 0.25) is 0 Å². The molecule has 2 rings (SSSR count). The standard InChI is InChI=1S/C19H21F3O8S/c1-2-18(7-3-4-8-18)30-15-11-13(5-6-14(15)19(20,21)22)17(24)29-12-16(23)28-9-10-31(25,26)27/h2,5-6,11H,1,3-4,7-10,12H2,(H,25,26,27)/p-1. The summed E-state index contributed by atoms with van der Waals surface area (Å²) in [7, 11) is -4.58. The molecule has 1 fully saturated rings. The van der Waals surface area contributed by atoms with Gasteiger partial charge in [-0.1, -0.05) is 6.58 Å². The van der Waals surface area contributed by atoms with Crippen LogP contribution in [0.15, 0.2) is 30.9 Å². The number of ether oxygens (including phenoxy) is 3. The first-order chi connectivity index (χ1) is 14.4. The molecule has 8 nitrogen and oxygen atoms in total. The second kappa shape index (κ2) is 9.69. The van der Waals surface area contributed by atoms with Crippen LogP contribution in [0.25, 0.3) is 0 Å². The number of benzene rings is 1. The van der Waals surface area contributed by atoms with Gasteiger partial charge in [-0.25, -0.2) is 18.0 Å². The molecule has 0 unspecified atom stereocenters. The molecule has 0 amide bonds. The Morgan fingerprint density at radius 2 is 1.84 bits per heavy atom. The summed E-state index contributed by atoms with van der Waals surface area (Å²) < 4.78 is 86.2. The van der Waals surface area contributed by atoms with E-state index >= 15 is 0 Å². The van der Waals surface area contributed by atoms with Gasteiger partial charge in [0.05, 0.1) is 27.0 Å². The summed E-state index contributed by atoms with van der Waals surface area (Å²) >= 11 is 0. The molecule has 0 N–H and O–H groups in total. The summed E-state index contributed by atoms with van der Waals surface area (Å²) in [5.74, 6) is -3.76. The average molecular weight is 465 g/mol. The number of rotatable bonds is 9. The molecule has 0 aliphatic heterocycles. The molecule has 0 bridgehead atoms. The van der Waals surface area contributed by atoms with Gasteiger partial charge < -0.3 is 18.8 Å². The van der Waals surface area contributed by atoms with E-state index < -0.39 is 64.1 Å². The highest BCUT2D eigenvalue weighted by molar-refractivity contribution is 7.85. The van der Waals surface area contributed by atoms with E-state index in [1.165, 1.54) is 6.08 Å². The lowest BCUT2D eigenvalue weighted by atomic mass is 10.0. The van der Waals surface area contributed by atoms with Gasteiger partial charge in [-0.15, -0.1) is 0 Å². The third kappa shape index (κ3) is 7.24. The number of hydrogen-bond donors (Lipinski definition) is 0. The molecule has 1 aliphatic carbocycles. The first-order valence-corrected chi connectivity index (χ1v) is 10.7. The third-order valence-electron chi connectivity index (χ3n) is 4.58. The number of esters is 2. The number of hydrogen-bond acceptors (Lipinski definition) is 8. The van der Waals surface area contributed by atoms with Crippen molar-refractivity contribution in [3.8, 4) is 5.75 Å². The van der Waals surface area contributed by atoms with Crippen LogP contribution in [0.5, 0.6) is 5.75 Å². The first-order valence-electron chi connectivity index (χ1n) is 9.15. The molecule has 1 aliphatic rings. The van der Waals surface area contributed by atoms with Gasteiger partial charge in [0.1, 0.15) is 18.0 Å². The third-order valence-corrected chi connectivity index (χ3v) is 5.24. The van der Waals surface area contributed by atoms with E-state index in [1.54, 1.807) is 0 Å². The molecule has 1 aromatic carbocycles. The quantitative estimate of drug-likeness (QED) is 0.310. The van der Waals surface area contributed by atoms with Crippen molar-refractivity contribution in [2.45, 2.75) is 37.5 Å². The Balaban J connectivity index is 2.11. The predicted octanol–water partition coefficient (Wildman–Crippen LogP) is 2.83. The fourth-order valence-corrected chi connectivity index (χ4v) is 3.30. The molecule has 172 valence electrons. The highest BCUT2D eigenvalue weighted by Gasteiger charge is 2.39. The van der Waals surface area contributed by atoms with E-state index in [4.69, 9.17) is 4.74 Å². The topological polar surface area (TPSA) is 119 Å². The summed E-state index contributed by atoms with van der Waals surface area (Å²) in [4.78, 5) is 23.6. The average Bonchev–Trinajstić information content (AvgIpc) is 3.13. The van der Waals surface area contributed by atoms with Crippen LogP contribution in [0, 0.1) is 0 Å². The van der Waals surface area contributed by atoms with Crippen molar-refractivity contribution >= 4 is 22.1 Å². The van der Waals surface area contributed by atoms with Crippen molar-refractivity contribution in [2.24, 2.45) is 0 Å². The summed E-state index contributed by atoms with van der Waals surface area (Å²) in [5.41, 5.74) is -2.35. The summed E-state index contributed by atoms with van der Waals surface area (Å²) in [6.45, 7) is 2.00. The van der Waals surface area contributed by atoms with E-state index in [0.717, 1.165) is 25.0 Å². The Morgan fingerprint density at radius 3 is 2.39 bits per heavy atom. The lowest BCUT2D eigenvalue weighted by Crippen LogP contribution is -2.30. The Morgan fingerprint density at radius 1 is 1.19 bits per heavy atom. The van der Waals surface area contributed by atoms with Crippen molar-refractivity contribution in [1.29, 1.82) is 0 Å². The molecule has 0 heterocycles. The first kappa shape index (κ1) is 24.7. The van der Waals surface area contributed by atoms with Gasteiger partial charge in [0.15, 0.2) is 6.61 Å². The van der Waals surface area contributed by atoms with Crippen molar-refractivity contribution in [3.63, 3.8) is 0 Å². The normalized spacial score (nSPS) is 15.9. The lowest BCUT2D eigenvalue weighted by molar-refractivity contribution is -0.146. The molecule has 1 aromatic rings. The SMILES string of the molecule is C=CC1(Oc2cc(C(=O)OCC(=O)OCCS(=O)(=O)[O-])ccc2C(F)(F)F)CCCC1. The minimum atomic E-state index is -4.73. The van der Waals surface area contributed by atoms with Gasteiger partial charge in [-0.2, -0.15) is 13.2 Å². The maximum Gasteiger partial charge on any atom is 0.419 e. The fraction of sp³-hybridized carbons (Fsp3) is 0.474. The van der Waals surface area contributed by atoms with E-state index in [0.29, 0.717) is 18.9 Å². The Bertz CT molecular complexity index is 934. The minimum Gasteiger partial charge on any atom is -0.748 e. The fourth-order valence-electron chi connectivity index (χ4n) is 3.02. The van der Waals surface area contributed by atoms with Crippen LogP contribution in [0.3, 0.4) is 0 Å². The van der Waals surface area contributed by atoms with Gasteiger partial charge >= 0.3 is 18.1 Å². The maximum atomic E-state index is 13.4. The number of carbonyl (C=O) groups excluding carboxylic acids is 2. The summed E-state index contributed by atoms with van der Waals surface area (Å²) in [5, 5.41) is 0. The van der Waals surface area contributed by atoms with E-state index in [9.17, 15) is 35.7 Å². The lowest BCUT2D eigenvalue weighted by Gasteiger charge is -2.28. The smallest absolute Gasteiger partial charge is 0.419 e. The molecule has 0 saturated heterocycles. The van der Waals surface area contributed by atoms with Gasteiger partial charge in [0.25, 0.3) is 0 Å². The monoisotopic (exact) mass is 465 g/mol. The van der Waals surface area contributed by atoms with Crippen molar-refractivity contribution in [2.75, 3.05) is 19.0 Å². The van der Waals surface area contributed by atoms with Crippen LogP contribution in [-0.4, -0.2) is 49.5 Å². The van der Waals surface area contributed by atoms with E-state index in [-0.39, 0.29) is 5.56 Å². The van der Waals surface area contributed by atoms with Crippen LogP contribution >= 0.6 is 0 Å². The van der Waals surface area contributed by atoms with Crippen LogP contribution in [-0.2, 0) is 30.6 Å². The Hall–Kier alpha value is -2.60. The summed E-state index contributed by atoms with van der Waals surface area (Å²) in [6, 6.07) is 2.43. The minimum absolute atomic E-state index is 0.296. The number of alkyl halides is 3. The molecule has 0 radical (unpaired) electrons. The van der Waals surface area contributed by atoms with Gasteiger partial charge in [-0.05, 0) is 50.0 Å². The molecule has 31 heavy (non-hydrogen) atoms. The molecule has 1 saturated carbocycles. The second-order valence-electron chi connectivity index (χ2n) is 6.85. The van der Waals surface area contributed by atoms with Crippen LogP contribution in [0.4, 0.5) is 13.2 Å². The Kier molecular flexibility index (Phi) is 7.71. The molecule has 0 atom stereocenters. The zero-order valence-electron chi connectivity index (χ0n) is 16.3. The zero-order chi connectivity index (χ0) is 23.3. The van der Waals surface area contributed by atoms with E-state index in [2.05, 4.69) is 16.1 Å². The zero-order valence-corrected chi connectivity index (χ0v) is 17.1. The number of carbonyl (C=O) groups is 2. The predicted molar refractivity (Wildman–Crippen MR) is 99.3 cm³/mol. The summed E-state index contributed by atoms with van der Waals surface area (Å²) in [6.07, 6.45) is -0.815. The van der Waals surface area contributed by atoms with Gasteiger partial charge in [0, 0.05) is 0 Å². The molecular formula is C19H20F3O8S-. The highest BCUT2D eigenvalue weighted by atomic mass is 32.2. The maximum absolute atomic E-state index is 13.4. The van der Waals surface area contributed by atoms with Crippen LogP contribution in [0.1, 0.15) is 41.6 Å². The van der Waals surface area contributed by atoms with Gasteiger partial charge in [-0.3, -0.25) is 0 Å². The van der Waals surface area contributed by atoms with Gasteiger partial charge in [0.2, 0.25) is 0 Å². The second-order valence-corrected chi connectivity index (χ2v) is 8.37. The molecular weight excluding hydrogens is 445 g/mol. The largest absolute Gasteiger partial charge is 0.748 e.